The second kappa shape index (κ2) is 9.44. The molecule has 0 N–H and O–H groups in total. The maximum absolute atomic E-state index is 6.34. The molecule has 1 aliphatic heterocycles. The molecule has 0 bridgehead atoms. The highest BCUT2D eigenvalue weighted by molar-refractivity contribution is 6.00. The Bertz CT molecular complexity index is 2360. The summed E-state index contributed by atoms with van der Waals surface area (Å²) in [6.45, 7) is 4.59. The SMILES string of the molecule is CC1(C)c2ccccc2Oc2ccc(-c3ccc(-c4cccc5c4-c4ccccc4C54c5ccccc5-c5ccccc54)cc3)cc21. The van der Waals surface area contributed by atoms with Crippen LogP contribution in [-0.2, 0) is 10.8 Å². The van der Waals surface area contributed by atoms with Crippen molar-refractivity contribution < 1.29 is 4.74 Å². The van der Waals surface area contributed by atoms with E-state index in [4.69, 9.17) is 4.74 Å². The van der Waals surface area contributed by atoms with E-state index >= 15 is 0 Å². The van der Waals surface area contributed by atoms with E-state index in [0.717, 1.165) is 11.5 Å². The number of ether oxygens (including phenoxy) is 1. The Morgan fingerprint density at radius 1 is 0.362 bits per heavy atom. The Morgan fingerprint density at radius 2 is 0.851 bits per heavy atom. The third kappa shape index (κ3) is 3.44. The van der Waals surface area contributed by atoms with E-state index in [0.29, 0.717) is 0 Å². The van der Waals surface area contributed by atoms with Gasteiger partial charge in [-0.1, -0.05) is 153 Å². The summed E-state index contributed by atoms with van der Waals surface area (Å²) < 4.78 is 6.34. The Balaban J connectivity index is 1.11. The normalized spacial score (nSPS) is 15.1. The molecule has 0 atom stereocenters. The van der Waals surface area contributed by atoms with E-state index in [1.807, 2.05) is 6.07 Å². The Kier molecular flexibility index (Phi) is 5.33. The van der Waals surface area contributed by atoms with E-state index in [1.54, 1.807) is 0 Å². The molecule has 10 rings (SSSR count). The van der Waals surface area contributed by atoms with Gasteiger partial charge in [0.2, 0.25) is 0 Å². The molecular weight excluding hydrogens is 569 g/mol. The first-order valence-corrected chi connectivity index (χ1v) is 16.5. The maximum atomic E-state index is 6.34. The van der Waals surface area contributed by atoms with Crippen LogP contribution in [-0.4, -0.2) is 0 Å². The van der Waals surface area contributed by atoms with Crippen molar-refractivity contribution in [3.8, 4) is 56.0 Å². The number of rotatable bonds is 2. The first-order chi connectivity index (χ1) is 23.1. The van der Waals surface area contributed by atoms with Gasteiger partial charge >= 0.3 is 0 Å². The Morgan fingerprint density at radius 3 is 1.55 bits per heavy atom. The summed E-state index contributed by atoms with van der Waals surface area (Å²) in [4.78, 5) is 0. The van der Waals surface area contributed by atoms with Crippen LogP contribution in [0.1, 0.15) is 47.2 Å². The summed E-state index contributed by atoms with van der Waals surface area (Å²) in [5, 5.41) is 0. The number of benzene rings is 7. The van der Waals surface area contributed by atoms with E-state index in [2.05, 4.69) is 166 Å². The summed E-state index contributed by atoms with van der Waals surface area (Å²) >= 11 is 0. The molecule has 0 fully saturated rings. The van der Waals surface area contributed by atoms with Gasteiger partial charge in [0.25, 0.3) is 0 Å². The largest absolute Gasteiger partial charge is 0.457 e. The lowest BCUT2D eigenvalue weighted by atomic mass is 9.70. The van der Waals surface area contributed by atoms with Crippen molar-refractivity contribution in [2.45, 2.75) is 24.7 Å². The van der Waals surface area contributed by atoms with Crippen molar-refractivity contribution in [2.75, 3.05) is 0 Å². The molecule has 7 aromatic carbocycles. The molecule has 7 aromatic rings. The molecule has 47 heavy (non-hydrogen) atoms. The highest BCUT2D eigenvalue weighted by atomic mass is 16.5. The molecule has 1 nitrogen and oxygen atoms in total. The molecule has 1 heterocycles. The lowest BCUT2D eigenvalue weighted by Gasteiger charge is -2.34. The minimum absolute atomic E-state index is 0.147. The van der Waals surface area contributed by atoms with E-state index in [1.165, 1.54) is 77.9 Å². The first-order valence-electron chi connectivity index (χ1n) is 16.5. The van der Waals surface area contributed by atoms with E-state index in [9.17, 15) is 0 Å². The topological polar surface area (TPSA) is 9.23 Å². The standard InChI is InChI=1S/C46H32O/c1-45(2)39-19-9-10-21-42(39)47-43-27-26-31(28-41(43)45)29-22-24-30(25-23-29)32-15-11-20-40-44(32)35-14-5-8-18-38(35)46(40)36-16-6-3-12-33(36)34-13-4-7-17-37(34)46/h3-28H,1-2H3. The van der Waals surface area contributed by atoms with Crippen LogP contribution < -0.4 is 4.74 Å². The quantitative estimate of drug-likeness (QED) is 0.192. The van der Waals surface area contributed by atoms with E-state index < -0.39 is 0 Å². The Labute approximate surface area is 275 Å². The summed E-state index contributed by atoms with van der Waals surface area (Å²) in [6.07, 6.45) is 0. The third-order valence-corrected chi connectivity index (χ3v) is 11.0. The minimum atomic E-state index is -0.328. The van der Waals surface area contributed by atoms with Gasteiger partial charge in [0, 0.05) is 16.5 Å². The third-order valence-electron chi connectivity index (χ3n) is 11.0. The second-order valence-electron chi connectivity index (χ2n) is 13.6. The lowest BCUT2D eigenvalue weighted by Crippen LogP contribution is -2.25. The zero-order valence-electron chi connectivity index (χ0n) is 26.4. The lowest BCUT2D eigenvalue weighted by molar-refractivity contribution is 0.418. The van der Waals surface area contributed by atoms with Crippen LogP contribution >= 0.6 is 0 Å². The molecule has 0 unspecified atom stereocenters. The predicted molar refractivity (Wildman–Crippen MR) is 192 cm³/mol. The summed E-state index contributed by atoms with van der Waals surface area (Å²) in [5.41, 5.74) is 17.7. The van der Waals surface area contributed by atoms with Gasteiger partial charge in [-0.05, 0) is 85.0 Å². The molecule has 222 valence electrons. The van der Waals surface area contributed by atoms with Gasteiger partial charge in [-0.25, -0.2) is 0 Å². The van der Waals surface area contributed by atoms with Crippen molar-refractivity contribution in [1.29, 1.82) is 0 Å². The highest BCUT2D eigenvalue weighted by Crippen LogP contribution is 2.64. The van der Waals surface area contributed by atoms with Gasteiger partial charge in [0.05, 0.1) is 5.41 Å². The molecule has 2 aliphatic carbocycles. The molecule has 3 aliphatic rings. The summed E-state index contributed by atoms with van der Waals surface area (Å²) in [6, 6.07) is 58.1. The zero-order valence-corrected chi connectivity index (χ0v) is 26.4. The smallest absolute Gasteiger partial charge is 0.131 e. The van der Waals surface area contributed by atoms with Crippen LogP contribution in [0.2, 0.25) is 0 Å². The minimum Gasteiger partial charge on any atom is -0.457 e. The molecule has 0 saturated carbocycles. The monoisotopic (exact) mass is 600 g/mol. The fourth-order valence-corrected chi connectivity index (χ4v) is 8.85. The Hall–Kier alpha value is -5.66. The average molecular weight is 601 g/mol. The maximum Gasteiger partial charge on any atom is 0.131 e. The van der Waals surface area contributed by atoms with E-state index in [-0.39, 0.29) is 10.8 Å². The van der Waals surface area contributed by atoms with Crippen molar-refractivity contribution in [3.05, 3.63) is 191 Å². The van der Waals surface area contributed by atoms with Crippen LogP contribution in [0.4, 0.5) is 0 Å². The van der Waals surface area contributed by atoms with Crippen molar-refractivity contribution in [1.82, 2.24) is 0 Å². The van der Waals surface area contributed by atoms with Gasteiger partial charge in [0.15, 0.2) is 0 Å². The van der Waals surface area contributed by atoms with Crippen molar-refractivity contribution >= 4 is 0 Å². The number of para-hydroxylation sites is 1. The molecule has 1 spiro atoms. The molecule has 1 heteroatoms. The molecular formula is C46H32O. The van der Waals surface area contributed by atoms with Gasteiger partial charge in [-0.2, -0.15) is 0 Å². The van der Waals surface area contributed by atoms with Crippen LogP contribution in [0.3, 0.4) is 0 Å². The van der Waals surface area contributed by atoms with Crippen LogP contribution in [0.15, 0.2) is 158 Å². The fraction of sp³-hybridized carbons (Fsp3) is 0.0870. The average Bonchev–Trinajstić information content (AvgIpc) is 3.59. The zero-order chi connectivity index (χ0) is 31.3. The van der Waals surface area contributed by atoms with Gasteiger partial charge in [-0.3, -0.25) is 0 Å². The van der Waals surface area contributed by atoms with Crippen LogP contribution in [0.25, 0.3) is 44.5 Å². The number of hydrogen-bond acceptors (Lipinski definition) is 1. The highest BCUT2D eigenvalue weighted by Gasteiger charge is 2.51. The summed E-state index contributed by atoms with van der Waals surface area (Å²) in [5.74, 6) is 1.89. The molecule has 0 saturated heterocycles. The van der Waals surface area contributed by atoms with Gasteiger partial charge in [-0.15, -0.1) is 0 Å². The summed E-state index contributed by atoms with van der Waals surface area (Å²) in [7, 11) is 0. The van der Waals surface area contributed by atoms with Crippen LogP contribution in [0, 0.1) is 0 Å². The van der Waals surface area contributed by atoms with Crippen molar-refractivity contribution in [3.63, 3.8) is 0 Å². The first kappa shape index (κ1) is 26.5. The number of hydrogen-bond donors (Lipinski definition) is 0. The number of fused-ring (bicyclic) bond motifs is 12. The fourth-order valence-electron chi connectivity index (χ4n) is 8.85. The van der Waals surface area contributed by atoms with Gasteiger partial charge < -0.3 is 4.74 Å². The molecule has 0 aromatic heterocycles. The molecule has 0 amide bonds. The second-order valence-corrected chi connectivity index (χ2v) is 13.6. The predicted octanol–water partition coefficient (Wildman–Crippen LogP) is 11.8. The van der Waals surface area contributed by atoms with Gasteiger partial charge in [0.1, 0.15) is 11.5 Å². The molecule has 0 radical (unpaired) electrons. The van der Waals surface area contributed by atoms with Crippen molar-refractivity contribution in [2.24, 2.45) is 0 Å². The van der Waals surface area contributed by atoms with Crippen LogP contribution in [0.5, 0.6) is 11.5 Å².